The Bertz CT molecular complexity index is 779. The number of halogens is 2. The van der Waals surface area contributed by atoms with Gasteiger partial charge in [0.25, 0.3) is 11.8 Å². The summed E-state index contributed by atoms with van der Waals surface area (Å²) in [6.45, 7) is 3.99. The minimum Gasteiger partial charge on any atom is -0.483 e. The Kier molecular flexibility index (Phi) is 7.01. The second-order valence-corrected chi connectivity index (χ2v) is 7.42. The molecule has 2 aromatic carbocycles. The number of benzene rings is 2. The molecule has 2 rings (SSSR count). The Morgan fingerprint density at radius 1 is 1.08 bits per heavy atom. The van der Waals surface area contributed by atoms with Crippen LogP contribution in [0.2, 0.25) is 0 Å². The number of nitrogens with one attached hydrogen (secondary N) is 2. The molecule has 2 N–H and O–H groups in total. The first-order chi connectivity index (χ1) is 11.9. The lowest BCUT2D eigenvalue weighted by atomic mass is 10.0. The minimum absolute atomic E-state index is 0.210. The zero-order valence-corrected chi connectivity index (χ0v) is 17.0. The monoisotopic (exact) mass is 468 g/mol. The summed E-state index contributed by atoms with van der Waals surface area (Å²) in [6.07, 6.45) is 0. The molecule has 0 unspecified atom stereocenters. The lowest BCUT2D eigenvalue weighted by molar-refractivity contribution is -0.123. The van der Waals surface area contributed by atoms with Gasteiger partial charge in [-0.25, -0.2) is 0 Å². The van der Waals surface area contributed by atoms with Crippen LogP contribution in [0.25, 0.3) is 0 Å². The molecular weight excluding hydrogens is 452 g/mol. The average molecular weight is 470 g/mol. The molecule has 0 spiro atoms. The summed E-state index contributed by atoms with van der Waals surface area (Å²) in [6, 6.07) is 12.6. The van der Waals surface area contributed by atoms with Gasteiger partial charge in [-0.1, -0.05) is 41.9 Å². The molecule has 132 valence electrons. The number of hydrogen-bond acceptors (Lipinski definition) is 3. The van der Waals surface area contributed by atoms with Gasteiger partial charge in [0.15, 0.2) is 6.61 Å². The third kappa shape index (κ3) is 5.86. The van der Waals surface area contributed by atoms with Gasteiger partial charge in [-0.15, -0.1) is 0 Å². The van der Waals surface area contributed by atoms with E-state index in [1.807, 2.05) is 24.3 Å². The van der Waals surface area contributed by atoms with Crippen LogP contribution < -0.4 is 15.6 Å². The molecule has 0 atom stereocenters. The molecule has 0 aromatic heterocycles. The van der Waals surface area contributed by atoms with Crippen molar-refractivity contribution in [2.75, 3.05) is 6.61 Å². The zero-order valence-electron chi connectivity index (χ0n) is 13.8. The number of hydrogen-bond donors (Lipinski definition) is 2. The van der Waals surface area contributed by atoms with E-state index in [9.17, 15) is 9.59 Å². The number of carbonyl (C=O) groups is 2. The molecule has 0 saturated carbocycles. The summed E-state index contributed by atoms with van der Waals surface area (Å²) >= 11 is 6.72. The Hall–Kier alpha value is -1.86. The van der Waals surface area contributed by atoms with E-state index in [1.54, 1.807) is 18.2 Å². The number of amides is 2. The first kappa shape index (κ1) is 19.5. The van der Waals surface area contributed by atoms with E-state index >= 15 is 0 Å². The largest absolute Gasteiger partial charge is 0.483 e. The molecule has 0 saturated heterocycles. The smallest absolute Gasteiger partial charge is 0.276 e. The molecule has 0 heterocycles. The van der Waals surface area contributed by atoms with Gasteiger partial charge in [-0.2, -0.15) is 0 Å². The van der Waals surface area contributed by atoms with Crippen LogP contribution in [0.5, 0.6) is 5.75 Å². The van der Waals surface area contributed by atoms with Gasteiger partial charge in [-0.05, 0) is 57.7 Å². The highest BCUT2D eigenvalue weighted by atomic mass is 79.9. The summed E-state index contributed by atoms with van der Waals surface area (Å²) in [7, 11) is 0. The van der Waals surface area contributed by atoms with Gasteiger partial charge >= 0.3 is 0 Å². The third-order valence-electron chi connectivity index (χ3n) is 3.38. The molecule has 2 amide bonds. The number of ether oxygens (including phenoxy) is 1. The van der Waals surface area contributed by atoms with E-state index < -0.39 is 11.8 Å². The van der Waals surface area contributed by atoms with Crippen LogP contribution in [-0.2, 0) is 4.79 Å². The van der Waals surface area contributed by atoms with Crippen molar-refractivity contribution >= 4 is 43.7 Å². The van der Waals surface area contributed by atoms with E-state index in [0.29, 0.717) is 17.2 Å². The highest BCUT2D eigenvalue weighted by Gasteiger charge is 2.10. The van der Waals surface area contributed by atoms with Gasteiger partial charge in [-0.3, -0.25) is 20.4 Å². The SMILES string of the molecule is CC(C)c1ccc(OCC(=O)NNC(=O)c2cccc(Br)c2)c(Br)c1. The van der Waals surface area contributed by atoms with Gasteiger partial charge < -0.3 is 4.74 Å². The van der Waals surface area contributed by atoms with Crippen LogP contribution in [0.3, 0.4) is 0 Å². The second kappa shape index (κ2) is 9.01. The fourth-order valence-electron chi connectivity index (χ4n) is 2.00. The Morgan fingerprint density at radius 2 is 1.84 bits per heavy atom. The first-order valence-corrected chi connectivity index (χ1v) is 9.22. The molecule has 25 heavy (non-hydrogen) atoms. The van der Waals surface area contributed by atoms with Crippen molar-refractivity contribution in [3.05, 3.63) is 62.5 Å². The maximum atomic E-state index is 11.9. The van der Waals surface area contributed by atoms with Crippen molar-refractivity contribution in [3.63, 3.8) is 0 Å². The minimum atomic E-state index is -0.455. The molecule has 7 heteroatoms. The molecule has 2 aromatic rings. The maximum Gasteiger partial charge on any atom is 0.276 e. The third-order valence-corrected chi connectivity index (χ3v) is 4.50. The van der Waals surface area contributed by atoms with E-state index in [4.69, 9.17) is 4.74 Å². The Labute approximate surface area is 163 Å². The summed E-state index contributed by atoms with van der Waals surface area (Å²) < 4.78 is 7.04. The summed E-state index contributed by atoms with van der Waals surface area (Å²) in [4.78, 5) is 23.8. The van der Waals surface area contributed by atoms with E-state index in [1.165, 1.54) is 5.56 Å². The standard InChI is InChI=1S/C18H18Br2N2O3/c1-11(2)12-6-7-16(15(20)9-12)25-10-17(23)21-22-18(24)13-4-3-5-14(19)8-13/h3-9,11H,10H2,1-2H3,(H,21,23)(H,22,24). The number of carbonyl (C=O) groups excluding carboxylic acids is 2. The normalized spacial score (nSPS) is 10.4. The summed E-state index contributed by atoms with van der Waals surface area (Å²) in [5, 5.41) is 0. The molecular formula is C18H18Br2N2O3. The fraction of sp³-hybridized carbons (Fsp3) is 0.222. The number of rotatable bonds is 5. The van der Waals surface area contributed by atoms with Gasteiger partial charge in [0.05, 0.1) is 4.47 Å². The zero-order chi connectivity index (χ0) is 18.4. The van der Waals surface area contributed by atoms with Crippen molar-refractivity contribution in [3.8, 4) is 5.75 Å². The van der Waals surface area contributed by atoms with Gasteiger partial charge in [0.1, 0.15) is 5.75 Å². The van der Waals surface area contributed by atoms with Gasteiger partial charge in [0, 0.05) is 10.0 Å². The van der Waals surface area contributed by atoms with Crippen LogP contribution in [-0.4, -0.2) is 18.4 Å². The summed E-state index contributed by atoms with van der Waals surface area (Å²) in [5.41, 5.74) is 6.28. The van der Waals surface area contributed by atoms with Crippen LogP contribution in [0.4, 0.5) is 0 Å². The Morgan fingerprint density at radius 3 is 2.48 bits per heavy atom. The molecule has 0 aliphatic rings. The van der Waals surface area contributed by atoms with Crippen molar-refractivity contribution in [1.29, 1.82) is 0 Å². The van der Waals surface area contributed by atoms with E-state index in [2.05, 4.69) is 56.6 Å². The van der Waals surface area contributed by atoms with Crippen molar-refractivity contribution in [1.82, 2.24) is 10.9 Å². The molecule has 0 aliphatic carbocycles. The lowest BCUT2D eigenvalue weighted by Gasteiger charge is -2.12. The van der Waals surface area contributed by atoms with Crippen LogP contribution in [0, 0.1) is 0 Å². The predicted molar refractivity (Wildman–Crippen MR) is 103 cm³/mol. The highest BCUT2D eigenvalue weighted by Crippen LogP contribution is 2.28. The fourth-order valence-corrected chi connectivity index (χ4v) is 2.91. The van der Waals surface area contributed by atoms with Crippen molar-refractivity contribution in [2.24, 2.45) is 0 Å². The highest BCUT2D eigenvalue weighted by molar-refractivity contribution is 9.10. The summed E-state index contributed by atoms with van der Waals surface area (Å²) in [5.74, 6) is 0.111. The molecule has 5 nitrogen and oxygen atoms in total. The van der Waals surface area contributed by atoms with Crippen LogP contribution in [0.1, 0.15) is 35.7 Å². The topological polar surface area (TPSA) is 67.4 Å². The second-order valence-electron chi connectivity index (χ2n) is 5.65. The van der Waals surface area contributed by atoms with Crippen molar-refractivity contribution < 1.29 is 14.3 Å². The lowest BCUT2D eigenvalue weighted by Crippen LogP contribution is -2.43. The molecule has 0 aliphatic heterocycles. The number of hydrazine groups is 1. The van der Waals surface area contributed by atoms with E-state index in [-0.39, 0.29) is 6.61 Å². The Balaban J connectivity index is 1.84. The maximum absolute atomic E-state index is 11.9. The van der Waals surface area contributed by atoms with Gasteiger partial charge in [0.2, 0.25) is 0 Å². The van der Waals surface area contributed by atoms with Crippen LogP contribution in [0.15, 0.2) is 51.4 Å². The van der Waals surface area contributed by atoms with Crippen LogP contribution >= 0.6 is 31.9 Å². The molecule has 0 fully saturated rings. The average Bonchev–Trinajstić information content (AvgIpc) is 2.58. The predicted octanol–water partition coefficient (Wildman–Crippen LogP) is 4.18. The first-order valence-electron chi connectivity index (χ1n) is 7.64. The van der Waals surface area contributed by atoms with Crippen molar-refractivity contribution in [2.45, 2.75) is 19.8 Å². The van der Waals surface area contributed by atoms with E-state index in [0.717, 1.165) is 8.95 Å². The quantitative estimate of drug-likeness (QED) is 0.645. The molecule has 0 radical (unpaired) electrons. The molecule has 0 bridgehead atoms.